The zero-order valence-electron chi connectivity index (χ0n) is 19.9. The van der Waals surface area contributed by atoms with Crippen molar-refractivity contribution < 1.29 is 23.9 Å². The first kappa shape index (κ1) is 29.4. The smallest absolute Gasteiger partial charge is 0.329 e. The standard InChI is InChI=1S/C25H20Br2Cl2N4O5/c1-13-8-15(6-7-16(13)26)31-21(34)12-38-23-17(27)9-14(10-20(23)37-2)11-30-33-25(36)24(35)32-19-5-3-4-18(28)22(19)29/h3-11H,12H2,1-2H3,(H,31,34)(H,32,35)(H,33,36)/b30-11-. The normalized spacial score (nSPS) is 10.7. The number of hydrazone groups is 1. The van der Waals surface area contributed by atoms with E-state index in [-0.39, 0.29) is 28.2 Å². The van der Waals surface area contributed by atoms with Gasteiger partial charge in [-0.1, -0.05) is 45.2 Å². The van der Waals surface area contributed by atoms with Crippen LogP contribution in [0, 0.1) is 6.92 Å². The molecule has 3 rings (SSSR count). The van der Waals surface area contributed by atoms with Crippen LogP contribution in [0.3, 0.4) is 0 Å². The number of hydrogen-bond donors (Lipinski definition) is 3. The summed E-state index contributed by atoms with van der Waals surface area (Å²) >= 11 is 18.7. The summed E-state index contributed by atoms with van der Waals surface area (Å²) < 4.78 is 12.5. The third-order valence-electron chi connectivity index (χ3n) is 4.83. The SMILES string of the molecule is COc1cc(/C=N\NC(=O)C(=O)Nc2cccc(Cl)c2Cl)cc(Br)c1OCC(=O)Nc1ccc(Br)c(C)c1. The van der Waals surface area contributed by atoms with Gasteiger partial charge in [-0.3, -0.25) is 14.4 Å². The zero-order valence-corrected chi connectivity index (χ0v) is 24.6. The van der Waals surface area contributed by atoms with Crippen LogP contribution in [0.25, 0.3) is 0 Å². The fourth-order valence-electron chi connectivity index (χ4n) is 3.01. The summed E-state index contributed by atoms with van der Waals surface area (Å²) in [5.74, 6) is -1.74. The number of carbonyl (C=O) groups excluding carboxylic acids is 3. The van der Waals surface area contributed by atoms with Crippen molar-refractivity contribution in [2.75, 3.05) is 24.4 Å². The van der Waals surface area contributed by atoms with E-state index >= 15 is 0 Å². The Bertz CT molecular complexity index is 1420. The second kappa shape index (κ2) is 13.6. The molecule has 0 bridgehead atoms. The number of hydrogen-bond acceptors (Lipinski definition) is 6. The van der Waals surface area contributed by atoms with Crippen molar-refractivity contribution in [1.29, 1.82) is 0 Å². The van der Waals surface area contributed by atoms with Gasteiger partial charge in [-0.25, -0.2) is 5.43 Å². The lowest BCUT2D eigenvalue weighted by Crippen LogP contribution is -2.32. The molecule has 3 amide bonds. The lowest BCUT2D eigenvalue weighted by atomic mass is 10.2. The Morgan fingerprint density at radius 1 is 1.00 bits per heavy atom. The van der Waals surface area contributed by atoms with Crippen molar-refractivity contribution in [2.24, 2.45) is 5.10 Å². The van der Waals surface area contributed by atoms with E-state index in [0.29, 0.717) is 27.2 Å². The van der Waals surface area contributed by atoms with Crippen molar-refractivity contribution in [3.05, 3.63) is 78.6 Å². The summed E-state index contributed by atoms with van der Waals surface area (Å²) in [5.41, 5.74) is 4.44. The first-order chi connectivity index (χ1) is 18.1. The van der Waals surface area contributed by atoms with Gasteiger partial charge in [0.25, 0.3) is 5.91 Å². The minimum Gasteiger partial charge on any atom is -0.493 e. The number of aryl methyl sites for hydroxylation is 1. The average molecular weight is 687 g/mol. The summed E-state index contributed by atoms with van der Waals surface area (Å²) in [6.07, 6.45) is 1.30. The average Bonchev–Trinajstić information content (AvgIpc) is 2.87. The van der Waals surface area contributed by atoms with E-state index < -0.39 is 11.8 Å². The number of nitrogens with zero attached hydrogens (tertiary/aromatic N) is 1. The van der Waals surface area contributed by atoms with E-state index in [1.54, 1.807) is 30.3 Å². The van der Waals surface area contributed by atoms with Gasteiger partial charge in [-0.05, 0) is 76.4 Å². The van der Waals surface area contributed by atoms with Crippen LogP contribution >= 0.6 is 55.1 Å². The number of carbonyl (C=O) groups is 3. The van der Waals surface area contributed by atoms with Crippen molar-refractivity contribution in [2.45, 2.75) is 6.92 Å². The lowest BCUT2D eigenvalue weighted by molar-refractivity contribution is -0.136. The fraction of sp³-hybridized carbons (Fsp3) is 0.120. The van der Waals surface area contributed by atoms with Crippen LogP contribution < -0.4 is 25.5 Å². The van der Waals surface area contributed by atoms with Crippen LogP contribution in [-0.2, 0) is 14.4 Å². The van der Waals surface area contributed by atoms with E-state index in [2.05, 4.69) is 53.0 Å². The molecule has 0 unspecified atom stereocenters. The zero-order chi connectivity index (χ0) is 27.8. The quantitative estimate of drug-likeness (QED) is 0.154. The predicted molar refractivity (Wildman–Crippen MR) is 155 cm³/mol. The van der Waals surface area contributed by atoms with Gasteiger partial charge in [-0.15, -0.1) is 0 Å². The largest absolute Gasteiger partial charge is 0.493 e. The van der Waals surface area contributed by atoms with Gasteiger partial charge in [0.05, 0.1) is 33.5 Å². The number of methoxy groups -OCH3 is 1. The van der Waals surface area contributed by atoms with E-state index in [9.17, 15) is 14.4 Å². The predicted octanol–water partition coefficient (Wildman–Crippen LogP) is 5.94. The van der Waals surface area contributed by atoms with Crippen molar-refractivity contribution in [3.8, 4) is 11.5 Å². The Kier molecular flexibility index (Phi) is 10.5. The molecule has 0 aliphatic rings. The summed E-state index contributed by atoms with van der Waals surface area (Å²) in [5, 5.41) is 9.26. The number of rotatable bonds is 8. The summed E-state index contributed by atoms with van der Waals surface area (Å²) in [7, 11) is 1.44. The number of benzene rings is 3. The fourth-order valence-corrected chi connectivity index (χ4v) is 4.18. The molecule has 0 aliphatic carbocycles. The molecule has 0 aliphatic heterocycles. The molecule has 0 saturated carbocycles. The topological polar surface area (TPSA) is 118 Å². The van der Waals surface area contributed by atoms with Crippen LogP contribution in [0.2, 0.25) is 10.0 Å². The molecule has 3 N–H and O–H groups in total. The highest BCUT2D eigenvalue weighted by atomic mass is 79.9. The molecule has 3 aromatic carbocycles. The summed E-state index contributed by atoms with van der Waals surface area (Å²) in [6.45, 7) is 1.65. The highest BCUT2D eigenvalue weighted by molar-refractivity contribution is 9.10. The van der Waals surface area contributed by atoms with Crippen molar-refractivity contribution in [1.82, 2.24) is 5.43 Å². The van der Waals surface area contributed by atoms with E-state index in [0.717, 1.165) is 10.0 Å². The molecule has 38 heavy (non-hydrogen) atoms. The highest BCUT2D eigenvalue weighted by Gasteiger charge is 2.16. The molecule has 3 aromatic rings. The molecule has 198 valence electrons. The number of ether oxygens (including phenoxy) is 2. The van der Waals surface area contributed by atoms with Gasteiger partial charge in [0.15, 0.2) is 18.1 Å². The van der Waals surface area contributed by atoms with E-state index in [4.69, 9.17) is 32.7 Å². The number of amides is 3. The van der Waals surface area contributed by atoms with Crippen LogP contribution in [0.5, 0.6) is 11.5 Å². The monoisotopic (exact) mass is 684 g/mol. The van der Waals surface area contributed by atoms with Crippen LogP contribution in [0.15, 0.2) is 62.6 Å². The molecule has 0 saturated heterocycles. The molecule has 0 heterocycles. The highest BCUT2D eigenvalue weighted by Crippen LogP contribution is 2.36. The maximum absolute atomic E-state index is 12.4. The van der Waals surface area contributed by atoms with Gasteiger partial charge in [0.1, 0.15) is 0 Å². The lowest BCUT2D eigenvalue weighted by Gasteiger charge is -2.14. The third kappa shape index (κ3) is 7.94. The minimum atomic E-state index is -1.02. The molecular weight excluding hydrogens is 667 g/mol. The Balaban J connectivity index is 1.59. The maximum Gasteiger partial charge on any atom is 0.329 e. The Hall–Kier alpha value is -3.12. The van der Waals surface area contributed by atoms with Gasteiger partial charge < -0.3 is 20.1 Å². The first-order valence-electron chi connectivity index (χ1n) is 10.7. The van der Waals surface area contributed by atoms with Gasteiger partial charge in [-0.2, -0.15) is 5.10 Å². The summed E-state index contributed by atoms with van der Waals surface area (Å²) in [6, 6.07) is 13.3. The molecule has 0 aromatic heterocycles. The second-order valence-electron chi connectivity index (χ2n) is 7.59. The minimum absolute atomic E-state index is 0.110. The Labute approximate surface area is 245 Å². The number of nitrogens with one attached hydrogen (secondary N) is 3. The Morgan fingerprint density at radius 3 is 2.47 bits per heavy atom. The molecule has 0 spiro atoms. The van der Waals surface area contributed by atoms with Crippen LogP contribution in [0.1, 0.15) is 11.1 Å². The maximum atomic E-state index is 12.4. The van der Waals surface area contributed by atoms with Gasteiger partial charge in [0.2, 0.25) is 0 Å². The third-order valence-corrected chi connectivity index (χ3v) is 7.12. The molecular formula is C25H20Br2Cl2N4O5. The van der Waals surface area contributed by atoms with Crippen molar-refractivity contribution in [3.63, 3.8) is 0 Å². The van der Waals surface area contributed by atoms with Gasteiger partial charge >= 0.3 is 11.8 Å². The number of halogens is 4. The molecule has 9 nitrogen and oxygen atoms in total. The summed E-state index contributed by atoms with van der Waals surface area (Å²) in [4.78, 5) is 36.6. The molecule has 13 heteroatoms. The molecule has 0 radical (unpaired) electrons. The Morgan fingerprint density at radius 2 is 1.76 bits per heavy atom. The number of anilines is 2. The molecule has 0 fully saturated rings. The van der Waals surface area contributed by atoms with Crippen molar-refractivity contribution >= 4 is 90.4 Å². The second-order valence-corrected chi connectivity index (χ2v) is 10.1. The van der Waals surface area contributed by atoms with Crippen LogP contribution in [0.4, 0.5) is 11.4 Å². The first-order valence-corrected chi connectivity index (χ1v) is 13.1. The molecule has 0 atom stereocenters. The van der Waals surface area contributed by atoms with Gasteiger partial charge in [0, 0.05) is 10.2 Å². The van der Waals surface area contributed by atoms with Crippen LogP contribution in [-0.4, -0.2) is 37.7 Å². The van der Waals surface area contributed by atoms with E-state index in [1.807, 2.05) is 19.1 Å². The van der Waals surface area contributed by atoms with E-state index in [1.165, 1.54) is 19.4 Å².